The van der Waals surface area contributed by atoms with Gasteiger partial charge in [0, 0.05) is 23.9 Å². The van der Waals surface area contributed by atoms with E-state index in [0.29, 0.717) is 15.6 Å². The molecule has 0 bridgehead atoms. The van der Waals surface area contributed by atoms with Gasteiger partial charge in [-0.25, -0.2) is 13.4 Å². The Hall–Kier alpha value is -2.55. The van der Waals surface area contributed by atoms with Crippen molar-refractivity contribution in [3.8, 4) is 11.3 Å². The summed E-state index contributed by atoms with van der Waals surface area (Å²) >= 11 is 6.84. The molecule has 1 aromatic heterocycles. The number of aromatic nitrogens is 1. The van der Waals surface area contributed by atoms with Crippen LogP contribution in [0.15, 0.2) is 59.5 Å². The zero-order valence-corrected chi connectivity index (χ0v) is 17.8. The Bertz CT molecular complexity index is 1140. The predicted octanol–water partition coefficient (Wildman–Crippen LogP) is 4.47. The van der Waals surface area contributed by atoms with Gasteiger partial charge in [-0.15, -0.1) is 0 Å². The molecule has 0 aliphatic rings. The average Bonchev–Trinajstić information content (AvgIpc) is 3.12. The predicted molar refractivity (Wildman–Crippen MR) is 114 cm³/mol. The fourth-order valence-electron chi connectivity index (χ4n) is 2.57. The largest absolute Gasteiger partial charge is 0.302 e. The van der Waals surface area contributed by atoms with E-state index in [-0.39, 0.29) is 28.0 Å². The molecule has 29 heavy (non-hydrogen) atoms. The second-order valence-electron chi connectivity index (χ2n) is 6.19. The quantitative estimate of drug-likeness (QED) is 0.538. The molecular formula is C20H17ClN2O4S2. The van der Waals surface area contributed by atoms with Gasteiger partial charge in [-0.05, 0) is 24.3 Å². The van der Waals surface area contributed by atoms with E-state index in [1.807, 2.05) is 30.3 Å². The zero-order valence-electron chi connectivity index (χ0n) is 15.4. The summed E-state index contributed by atoms with van der Waals surface area (Å²) in [6, 6.07) is 14.9. The number of amides is 1. The highest BCUT2D eigenvalue weighted by Crippen LogP contribution is 2.31. The molecule has 0 aliphatic carbocycles. The van der Waals surface area contributed by atoms with Gasteiger partial charge in [-0.3, -0.25) is 9.59 Å². The molecule has 0 saturated heterocycles. The molecule has 0 saturated carbocycles. The van der Waals surface area contributed by atoms with Gasteiger partial charge in [0.15, 0.2) is 20.8 Å². The molecule has 3 rings (SSSR count). The van der Waals surface area contributed by atoms with Crippen molar-refractivity contribution in [3.63, 3.8) is 0 Å². The van der Waals surface area contributed by atoms with E-state index in [0.717, 1.165) is 16.9 Å². The number of carbonyl (C=O) groups excluding carboxylic acids is 2. The smallest absolute Gasteiger partial charge is 0.227 e. The van der Waals surface area contributed by atoms with Crippen LogP contribution in [-0.4, -0.2) is 30.8 Å². The van der Waals surface area contributed by atoms with Gasteiger partial charge in [-0.1, -0.05) is 53.3 Å². The number of nitrogens with zero attached hydrogens (tertiary/aromatic N) is 1. The highest BCUT2D eigenvalue weighted by molar-refractivity contribution is 7.91. The molecule has 150 valence electrons. The number of ketones is 1. The minimum absolute atomic E-state index is 0.106. The van der Waals surface area contributed by atoms with E-state index in [4.69, 9.17) is 11.6 Å². The number of anilines is 1. The molecule has 0 aliphatic heterocycles. The summed E-state index contributed by atoms with van der Waals surface area (Å²) in [4.78, 5) is 29.1. The molecule has 1 amide bonds. The van der Waals surface area contributed by atoms with Gasteiger partial charge in [0.1, 0.15) is 0 Å². The minimum Gasteiger partial charge on any atom is -0.302 e. The Kier molecular flexibility index (Phi) is 6.46. The van der Waals surface area contributed by atoms with Crippen LogP contribution in [0.1, 0.15) is 23.0 Å². The molecular weight excluding hydrogens is 432 g/mol. The number of hydrogen-bond donors (Lipinski definition) is 1. The number of thiazole rings is 1. The first-order valence-electron chi connectivity index (χ1n) is 8.61. The van der Waals surface area contributed by atoms with E-state index in [1.54, 1.807) is 0 Å². The van der Waals surface area contributed by atoms with Gasteiger partial charge >= 0.3 is 0 Å². The van der Waals surface area contributed by atoms with Crippen LogP contribution < -0.4 is 5.32 Å². The average molecular weight is 449 g/mol. The third-order valence-corrected chi connectivity index (χ3v) is 7.07. The number of nitrogens with one attached hydrogen (secondary N) is 1. The number of carbonyl (C=O) groups is 2. The number of Topliss-reactive ketones (excluding diaryl/α,β-unsaturated/α-hetero) is 1. The zero-order chi connectivity index (χ0) is 21.0. The van der Waals surface area contributed by atoms with Crippen molar-refractivity contribution in [2.75, 3.05) is 11.1 Å². The maximum Gasteiger partial charge on any atom is 0.227 e. The summed E-state index contributed by atoms with van der Waals surface area (Å²) in [5, 5.41) is 3.28. The van der Waals surface area contributed by atoms with Gasteiger partial charge < -0.3 is 5.32 Å². The maximum atomic E-state index is 12.4. The second-order valence-corrected chi connectivity index (χ2v) is 9.73. The van der Waals surface area contributed by atoms with Crippen LogP contribution in [0.4, 0.5) is 5.13 Å². The fraction of sp³-hybridized carbons (Fsp3) is 0.150. The summed E-state index contributed by atoms with van der Waals surface area (Å²) in [5.74, 6) is -1.00. The van der Waals surface area contributed by atoms with Crippen molar-refractivity contribution in [2.24, 2.45) is 0 Å². The molecule has 3 aromatic rings. The minimum atomic E-state index is -3.61. The van der Waals surface area contributed by atoms with E-state index < -0.39 is 15.7 Å². The Morgan fingerprint density at radius 3 is 2.34 bits per heavy atom. The first-order valence-corrected chi connectivity index (χ1v) is 11.5. The van der Waals surface area contributed by atoms with Crippen molar-refractivity contribution in [1.82, 2.24) is 4.98 Å². The number of benzene rings is 2. The van der Waals surface area contributed by atoms with Crippen molar-refractivity contribution < 1.29 is 18.0 Å². The number of halogens is 1. The van der Waals surface area contributed by atoms with Gasteiger partial charge in [0.05, 0.1) is 21.2 Å². The summed E-state index contributed by atoms with van der Waals surface area (Å²) in [6.45, 7) is 1.43. The van der Waals surface area contributed by atoms with Crippen molar-refractivity contribution in [3.05, 3.63) is 64.5 Å². The summed E-state index contributed by atoms with van der Waals surface area (Å²) in [7, 11) is -3.61. The molecule has 0 atom stereocenters. The lowest BCUT2D eigenvalue weighted by atomic mass is 10.1. The lowest BCUT2D eigenvalue weighted by Crippen LogP contribution is -2.17. The Balaban J connectivity index is 1.71. The number of sulfone groups is 1. The SMILES string of the molecule is CC(=O)c1sc(NC(=O)CCS(=O)(=O)c2ccc(Cl)cc2)nc1-c1ccccc1. The van der Waals surface area contributed by atoms with Crippen LogP contribution >= 0.6 is 22.9 Å². The molecule has 1 heterocycles. The molecule has 0 radical (unpaired) electrons. The highest BCUT2D eigenvalue weighted by Gasteiger charge is 2.20. The Labute approximate surface area is 177 Å². The lowest BCUT2D eigenvalue weighted by Gasteiger charge is -2.05. The Morgan fingerprint density at radius 2 is 1.72 bits per heavy atom. The summed E-state index contributed by atoms with van der Waals surface area (Å²) in [6.07, 6.45) is -0.236. The molecule has 1 N–H and O–H groups in total. The molecule has 9 heteroatoms. The third kappa shape index (κ3) is 5.29. The topological polar surface area (TPSA) is 93.2 Å². The highest BCUT2D eigenvalue weighted by atomic mass is 35.5. The molecule has 0 fully saturated rings. The fourth-order valence-corrected chi connectivity index (χ4v) is 4.84. The van der Waals surface area contributed by atoms with Crippen LogP contribution in [0.2, 0.25) is 5.02 Å². The molecule has 2 aromatic carbocycles. The maximum absolute atomic E-state index is 12.4. The van der Waals surface area contributed by atoms with Gasteiger partial charge in [0.2, 0.25) is 5.91 Å². The van der Waals surface area contributed by atoms with Crippen LogP contribution in [0.3, 0.4) is 0 Å². The second kappa shape index (κ2) is 8.86. The van der Waals surface area contributed by atoms with Crippen LogP contribution in [0, 0.1) is 0 Å². The van der Waals surface area contributed by atoms with E-state index >= 15 is 0 Å². The monoisotopic (exact) mass is 448 g/mol. The van der Waals surface area contributed by atoms with E-state index in [9.17, 15) is 18.0 Å². The first kappa shape index (κ1) is 21.2. The summed E-state index contributed by atoms with van der Waals surface area (Å²) < 4.78 is 24.7. The molecule has 0 unspecified atom stereocenters. The Morgan fingerprint density at radius 1 is 1.07 bits per heavy atom. The van der Waals surface area contributed by atoms with Crippen LogP contribution in [0.25, 0.3) is 11.3 Å². The molecule has 6 nitrogen and oxygen atoms in total. The standard InChI is InChI=1S/C20H17ClN2O4S2/c1-13(24)19-18(14-5-3-2-4-6-14)23-20(28-19)22-17(25)11-12-29(26,27)16-9-7-15(21)8-10-16/h2-10H,11-12H2,1H3,(H,22,23,25). The van der Waals surface area contributed by atoms with E-state index in [2.05, 4.69) is 10.3 Å². The number of hydrogen-bond acceptors (Lipinski definition) is 6. The number of rotatable bonds is 7. The first-order chi connectivity index (χ1) is 13.8. The van der Waals surface area contributed by atoms with Gasteiger partial charge in [0.25, 0.3) is 0 Å². The summed E-state index contributed by atoms with van der Waals surface area (Å²) in [5.41, 5.74) is 1.26. The van der Waals surface area contributed by atoms with Gasteiger partial charge in [-0.2, -0.15) is 0 Å². The third-order valence-electron chi connectivity index (χ3n) is 4.01. The lowest BCUT2D eigenvalue weighted by molar-refractivity contribution is -0.115. The molecule has 0 spiro atoms. The van der Waals surface area contributed by atoms with Crippen LogP contribution in [0.5, 0.6) is 0 Å². The van der Waals surface area contributed by atoms with Crippen LogP contribution in [-0.2, 0) is 14.6 Å². The van der Waals surface area contributed by atoms with E-state index in [1.165, 1.54) is 31.2 Å². The van der Waals surface area contributed by atoms with Crippen molar-refractivity contribution >= 4 is 49.6 Å². The van der Waals surface area contributed by atoms with Crippen molar-refractivity contribution in [1.29, 1.82) is 0 Å². The normalized spacial score (nSPS) is 11.2. The van der Waals surface area contributed by atoms with Crippen molar-refractivity contribution in [2.45, 2.75) is 18.2 Å².